The van der Waals surface area contributed by atoms with Crippen LogP contribution in [0.25, 0.3) is 11.3 Å². The van der Waals surface area contributed by atoms with Crippen molar-refractivity contribution in [2.24, 2.45) is 0 Å². The van der Waals surface area contributed by atoms with Crippen LogP contribution in [-0.2, 0) is 17.9 Å². The Hall–Kier alpha value is -3.42. The summed E-state index contributed by atoms with van der Waals surface area (Å²) < 4.78 is 14.1. The largest absolute Gasteiger partial charge is 0.349 e. The number of benzene rings is 1. The zero-order valence-corrected chi connectivity index (χ0v) is 14.0. The average molecular weight is 353 g/mol. The van der Waals surface area contributed by atoms with Crippen LogP contribution < -0.4 is 10.9 Å². The second-order valence-electron chi connectivity index (χ2n) is 5.65. The van der Waals surface area contributed by atoms with E-state index in [1.165, 1.54) is 24.5 Å². The van der Waals surface area contributed by atoms with E-state index >= 15 is 0 Å². The van der Waals surface area contributed by atoms with Gasteiger partial charge in [-0.15, -0.1) is 0 Å². The molecule has 0 unspecified atom stereocenters. The van der Waals surface area contributed by atoms with Gasteiger partial charge in [-0.1, -0.05) is 0 Å². The SMILES string of the molecule is Cc1ccc(=O)n(CC(=O)NCc2cc(-c3ccc(F)cc3)ncn2)n1. The number of amides is 1. The van der Waals surface area contributed by atoms with Gasteiger partial charge in [-0.05, 0) is 43.3 Å². The van der Waals surface area contributed by atoms with Gasteiger partial charge >= 0.3 is 0 Å². The van der Waals surface area contributed by atoms with Gasteiger partial charge in [0, 0.05) is 11.6 Å². The Morgan fingerprint density at radius 3 is 2.69 bits per heavy atom. The highest BCUT2D eigenvalue weighted by Gasteiger charge is 2.07. The maximum Gasteiger partial charge on any atom is 0.267 e. The van der Waals surface area contributed by atoms with Crippen LogP contribution in [0.1, 0.15) is 11.4 Å². The van der Waals surface area contributed by atoms with Crippen LogP contribution in [0, 0.1) is 12.7 Å². The summed E-state index contributed by atoms with van der Waals surface area (Å²) in [5.74, 6) is -0.678. The maximum absolute atomic E-state index is 13.0. The Morgan fingerprint density at radius 1 is 1.15 bits per heavy atom. The number of halogens is 1. The first-order valence-corrected chi connectivity index (χ1v) is 7.89. The highest BCUT2D eigenvalue weighted by atomic mass is 19.1. The average Bonchev–Trinajstić information content (AvgIpc) is 2.64. The molecule has 26 heavy (non-hydrogen) atoms. The van der Waals surface area contributed by atoms with Crippen LogP contribution in [0.4, 0.5) is 4.39 Å². The minimum atomic E-state index is -0.354. The third kappa shape index (κ3) is 4.35. The van der Waals surface area contributed by atoms with Crippen LogP contribution in [0.3, 0.4) is 0 Å². The van der Waals surface area contributed by atoms with Crippen molar-refractivity contribution in [3.8, 4) is 11.3 Å². The number of aromatic nitrogens is 4. The number of carbonyl (C=O) groups excluding carboxylic acids is 1. The number of aryl methyl sites for hydroxylation is 1. The molecule has 0 aliphatic carbocycles. The molecule has 8 heteroatoms. The lowest BCUT2D eigenvalue weighted by Gasteiger charge is -2.08. The number of rotatable bonds is 5. The van der Waals surface area contributed by atoms with E-state index in [2.05, 4.69) is 20.4 Å². The summed E-state index contributed by atoms with van der Waals surface area (Å²) in [5.41, 5.74) is 2.28. The predicted octanol–water partition coefficient (Wildman–Crippen LogP) is 1.46. The predicted molar refractivity (Wildman–Crippen MR) is 92.5 cm³/mol. The van der Waals surface area contributed by atoms with Gasteiger partial charge in [0.1, 0.15) is 18.7 Å². The van der Waals surface area contributed by atoms with Gasteiger partial charge in [-0.3, -0.25) is 9.59 Å². The quantitative estimate of drug-likeness (QED) is 0.750. The number of hydrogen-bond donors (Lipinski definition) is 1. The van der Waals surface area contributed by atoms with E-state index in [-0.39, 0.29) is 30.4 Å². The number of nitrogens with zero attached hydrogens (tertiary/aromatic N) is 4. The number of nitrogens with one attached hydrogen (secondary N) is 1. The molecule has 0 bridgehead atoms. The second-order valence-corrected chi connectivity index (χ2v) is 5.65. The molecule has 0 aliphatic heterocycles. The molecule has 0 fully saturated rings. The highest BCUT2D eigenvalue weighted by Crippen LogP contribution is 2.17. The van der Waals surface area contributed by atoms with Gasteiger partial charge in [0.2, 0.25) is 5.91 Å². The van der Waals surface area contributed by atoms with Crippen molar-refractivity contribution in [1.29, 1.82) is 0 Å². The van der Waals surface area contributed by atoms with Crippen LogP contribution in [-0.4, -0.2) is 25.7 Å². The van der Waals surface area contributed by atoms with Gasteiger partial charge in [-0.2, -0.15) is 5.10 Å². The second kappa shape index (κ2) is 7.64. The van der Waals surface area contributed by atoms with E-state index in [9.17, 15) is 14.0 Å². The van der Waals surface area contributed by atoms with Gasteiger partial charge in [0.15, 0.2) is 0 Å². The Labute approximate surface area is 148 Å². The summed E-state index contributed by atoms with van der Waals surface area (Å²) >= 11 is 0. The molecular formula is C18H16FN5O2. The molecular weight excluding hydrogens is 337 g/mol. The van der Waals surface area contributed by atoms with Crippen molar-refractivity contribution in [1.82, 2.24) is 25.1 Å². The Morgan fingerprint density at radius 2 is 1.92 bits per heavy atom. The van der Waals surface area contributed by atoms with E-state index in [0.29, 0.717) is 17.1 Å². The molecule has 0 aliphatic rings. The molecule has 2 heterocycles. The molecule has 0 spiro atoms. The monoisotopic (exact) mass is 353 g/mol. The van der Waals surface area contributed by atoms with Crippen molar-refractivity contribution < 1.29 is 9.18 Å². The van der Waals surface area contributed by atoms with Gasteiger partial charge in [-0.25, -0.2) is 19.0 Å². The standard InChI is InChI=1S/C18H16FN5O2/c1-12-2-7-18(26)24(23-12)10-17(25)20-9-15-8-16(22-11-21-15)13-3-5-14(19)6-4-13/h2-8,11H,9-10H2,1H3,(H,20,25). The number of carbonyl (C=O) groups is 1. The van der Waals surface area contributed by atoms with Gasteiger partial charge in [0.25, 0.3) is 5.56 Å². The molecule has 2 aromatic heterocycles. The smallest absolute Gasteiger partial charge is 0.267 e. The third-order valence-electron chi connectivity index (χ3n) is 3.62. The fourth-order valence-electron chi connectivity index (χ4n) is 2.32. The topological polar surface area (TPSA) is 89.8 Å². The van der Waals surface area contributed by atoms with Crippen molar-refractivity contribution in [2.45, 2.75) is 20.0 Å². The normalized spacial score (nSPS) is 10.5. The fourth-order valence-corrected chi connectivity index (χ4v) is 2.32. The molecule has 1 amide bonds. The molecule has 0 atom stereocenters. The summed E-state index contributed by atoms with van der Waals surface area (Å²) in [6, 6.07) is 10.6. The lowest BCUT2D eigenvalue weighted by Crippen LogP contribution is -2.33. The minimum Gasteiger partial charge on any atom is -0.349 e. The van der Waals surface area contributed by atoms with E-state index in [1.54, 1.807) is 31.2 Å². The molecule has 0 radical (unpaired) electrons. The van der Waals surface area contributed by atoms with Crippen molar-refractivity contribution >= 4 is 5.91 Å². The first kappa shape index (κ1) is 17.4. The molecule has 0 saturated carbocycles. The molecule has 132 valence electrons. The van der Waals surface area contributed by atoms with Gasteiger partial charge < -0.3 is 5.32 Å². The summed E-state index contributed by atoms with van der Waals surface area (Å²) in [5, 5.41) is 6.71. The van der Waals surface area contributed by atoms with Gasteiger partial charge in [0.05, 0.1) is 23.6 Å². The minimum absolute atomic E-state index is 0.170. The zero-order chi connectivity index (χ0) is 18.5. The number of hydrogen-bond acceptors (Lipinski definition) is 5. The van der Waals surface area contributed by atoms with E-state index in [0.717, 1.165) is 10.2 Å². The third-order valence-corrected chi connectivity index (χ3v) is 3.62. The lowest BCUT2D eigenvalue weighted by molar-refractivity contribution is -0.122. The highest BCUT2D eigenvalue weighted by molar-refractivity contribution is 5.75. The molecule has 7 nitrogen and oxygen atoms in total. The van der Waals surface area contributed by atoms with E-state index in [1.807, 2.05) is 0 Å². The summed E-state index contributed by atoms with van der Waals surface area (Å²) in [4.78, 5) is 32.0. The summed E-state index contributed by atoms with van der Waals surface area (Å²) in [6.07, 6.45) is 1.38. The van der Waals surface area contributed by atoms with Crippen molar-refractivity contribution in [3.63, 3.8) is 0 Å². The first-order chi connectivity index (χ1) is 12.5. The molecule has 3 rings (SSSR count). The molecule has 1 aromatic carbocycles. The molecule has 1 N–H and O–H groups in total. The maximum atomic E-state index is 13.0. The first-order valence-electron chi connectivity index (χ1n) is 7.89. The van der Waals surface area contributed by atoms with Crippen molar-refractivity contribution in [2.75, 3.05) is 0 Å². The van der Waals surface area contributed by atoms with Crippen LogP contribution >= 0.6 is 0 Å². The summed E-state index contributed by atoms with van der Waals surface area (Å²) in [6.45, 7) is 1.75. The van der Waals surface area contributed by atoms with Crippen molar-refractivity contribution in [3.05, 3.63) is 76.4 Å². The molecule has 0 saturated heterocycles. The van der Waals surface area contributed by atoms with E-state index < -0.39 is 0 Å². The lowest BCUT2D eigenvalue weighted by atomic mass is 10.1. The van der Waals surface area contributed by atoms with Crippen LogP contribution in [0.2, 0.25) is 0 Å². The Bertz CT molecular complexity index is 985. The fraction of sp³-hybridized carbons (Fsp3) is 0.167. The van der Waals surface area contributed by atoms with Crippen LogP contribution in [0.15, 0.2) is 53.6 Å². The van der Waals surface area contributed by atoms with Crippen LogP contribution in [0.5, 0.6) is 0 Å². The zero-order valence-electron chi connectivity index (χ0n) is 14.0. The Balaban J connectivity index is 1.65. The summed E-state index contributed by atoms with van der Waals surface area (Å²) in [7, 11) is 0. The Kier molecular flexibility index (Phi) is 5.12. The van der Waals surface area contributed by atoms with E-state index in [4.69, 9.17) is 0 Å². The molecule has 3 aromatic rings.